The molecule has 5 nitrogen and oxygen atoms in total. The summed E-state index contributed by atoms with van der Waals surface area (Å²) in [6.07, 6.45) is 0.230. The van der Waals surface area contributed by atoms with Gasteiger partial charge in [0.15, 0.2) is 5.75 Å². The maximum atomic E-state index is 11.9. The van der Waals surface area contributed by atoms with Crippen molar-refractivity contribution in [2.75, 3.05) is 20.3 Å². The molecule has 1 aromatic rings. The van der Waals surface area contributed by atoms with E-state index in [4.69, 9.17) is 4.74 Å². The van der Waals surface area contributed by atoms with Gasteiger partial charge in [0.25, 0.3) is 0 Å². The number of halogens is 1. The quantitative estimate of drug-likeness (QED) is 0.451. The Morgan fingerprint density at radius 1 is 1.53 bits per heavy atom. The zero-order valence-electron chi connectivity index (χ0n) is 9.61. The predicted octanol–water partition coefficient (Wildman–Crippen LogP) is 2.05. The summed E-state index contributed by atoms with van der Waals surface area (Å²) in [5, 5.41) is 13.7. The van der Waals surface area contributed by atoms with Crippen molar-refractivity contribution in [3.05, 3.63) is 33.9 Å². The van der Waals surface area contributed by atoms with E-state index in [2.05, 4.69) is 5.32 Å². The Morgan fingerprint density at radius 2 is 2.29 bits per heavy atom. The van der Waals surface area contributed by atoms with Crippen molar-refractivity contribution < 1.29 is 14.1 Å². The standard InChI is InChI=1S/C11H15FN2O3/c1-13-8-9-3-4-10(14(15)16)11(7-9)17-6-2-5-12/h3-4,7,13H,2,5-6,8H2,1H3. The molecule has 0 aromatic heterocycles. The summed E-state index contributed by atoms with van der Waals surface area (Å²) in [7, 11) is 1.78. The van der Waals surface area contributed by atoms with E-state index in [1.165, 1.54) is 6.07 Å². The van der Waals surface area contributed by atoms with Gasteiger partial charge in [-0.3, -0.25) is 14.5 Å². The Morgan fingerprint density at radius 3 is 2.88 bits per heavy atom. The van der Waals surface area contributed by atoms with E-state index in [0.29, 0.717) is 6.54 Å². The minimum absolute atomic E-state index is 0.0938. The summed E-state index contributed by atoms with van der Waals surface area (Å²) >= 11 is 0. The lowest BCUT2D eigenvalue weighted by molar-refractivity contribution is -0.385. The molecule has 0 amide bonds. The maximum absolute atomic E-state index is 11.9. The molecule has 0 aliphatic rings. The summed E-state index contributed by atoms with van der Waals surface area (Å²) in [4.78, 5) is 10.3. The number of nitrogens with zero attached hydrogens (tertiary/aromatic N) is 1. The largest absolute Gasteiger partial charge is 0.487 e. The first-order valence-corrected chi connectivity index (χ1v) is 5.29. The molecule has 0 atom stereocenters. The molecule has 0 fully saturated rings. The topological polar surface area (TPSA) is 64.4 Å². The van der Waals surface area contributed by atoms with Crippen LogP contribution in [-0.4, -0.2) is 25.3 Å². The van der Waals surface area contributed by atoms with Gasteiger partial charge in [-0.25, -0.2) is 0 Å². The third-order valence-electron chi connectivity index (χ3n) is 2.14. The average molecular weight is 242 g/mol. The SMILES string of the molecule is CNCc1ccc([N+](=O)[O-])c(OCCCF)c1. The smallest absolute Gasteiger partial charge is 0.310 e. The van der Waals surface area contributed by atoms with Gasteiger partial charge in [0.05, 0.1) is 18.2 Å². The molecular weight excluding hydrogens is 227 g/mol. The van der Waals surface area contributed by atoms with Crippen molar-refractivity contribution >= 4 is 5.69 Å². The van der Waals surface area contributed by atoms with Crippen LogP contribution in [0.1, 0.15) is 12.0 Å². The summed E-state index contributed by atoms with van der Waals surface area (Å²) in [5.41, 5.74) is 0.789. The molecule has 0 saturated carbocycles. The van der Waals surface area contributed by atoms with E-state index < -0.39 is 11.6 Å². The van der Waals surface area contributed by atoms with Crippen molar-refractivity contribution in [3.8, 4) is 5.75 Å². The monoisotopic (exact) mass is 242 g/mol. The molecule has 1 N–H and O–H groups in total. The van der Waals surface area contributed by atoms with E-state index in [1.807, 2.05) is 0 Å². The van der Waals surface area contributed by atoms with E-state index in [-0.39, 0.29) is 24.5 Å². The van der Waals surface area contributed by atoms with Crippen LogP contribution in [0.5, 0.6) is 5.75 Å². The van der Waals surface area contributed by atoms with Crippen LogP contribution in [0.2, 0.25) is 0 Å². The molecule has 0 unspecified atom stereocenters. The molecule has 0 bridgehead atoms. The lowest BCUT2D eigenvalue weighted by Crippen LogP contribution is -2.06. The zero-order chi connectivity index (χ0) is 12.7. The minimum atomic E-state index is -0.506. The molecule has 6 heteroatoms. The fourth-order valence-corrected chi connectivity index (χ4v) is 1.38. The van der Waals surface area contributed by atoms with Crippen LogP contribution < -0.4 is 10.1 Å². The highest BCUT2D eigenvalue weighted by molar-refractivity contribution is 5.48. The second kappa shape index (κ2) is 6.80. The van der Waals surface area contributed by atoms with E-state index >= 15 is 0 Å². The number of nitro benzene ring substituents is 1. The Balaban J connectivity index is 2.86. The second-order valence-electron chi connectivity index (χ2n) is 3.48. The summed E-state index contributed by atoms with van der Waals surface area (Å²) in [5.74, 6) is 0.191. The van der Waals surface area contributed by atoms with Gasteiger partial charge >= 0.3 is 5.69 Å². The van der Waals surface area contributed by atoms with Crippen LogP contribution in [0.15, 0.2) is 18.2 Å². The number of nitro groups is 1. The number of hydrogen-bond donors (Lipinski definition) is 1. The third-order valence-corrected chi connectivity index (χ3v) is 2.14. The highest BCUT2D eigenvalue weighted by Crippen LogP contribution is 2.28. The summed E-state index contributed by atoms with van der Waals surface area (Å²) in [6, 6.07) is 4.67. The van der Waals surface area contributed by atoms with E-state index in [1.54, 1.807) is 19.2 Å². The van der Waals surface area contributed by atoms with Gasteiger partial charge in [0.2, 0.25) is 0 Å². The molecule has 0 heterocycles. The molecule has 1 rings (SSSR count). The Labute approximate surface area is 98.7 Å². The Bertz CT molecular complexity index is 385. The Hall–Kier alpha value is -1.69. The minimum Gasteiger partial charge on any atom is -0.487 e. The molecule has 94 valence electrons. The van der Waals surface area contributed by atoms with Gasteiger partial charge < -0.3 is 10.1 Å². The van der Waals surface area contributed by atoms with Crippen molar-refractivity contribution in [3.63, 3.8) is 0 Å². The average Bonchev–Trinajstić information content (AvgIpc) is 2.30. The van der Waals surface area contributed by atoms with Gasteiger partial charge in [-0.2, -0.15) is 0 Å². The molecule has 17 heavy (non-hydrogen) atoms. The van der Waals surface area contributed by atoms with Crippen molar-refractivity contribution in [2.45, 2.75) is 13.0 Å². The van der Waals surface area contributed by atoms with Crippen molar-refractivity contribution in [1.29, 1.82) is 0 Å². The van der Waals surface area contributed by atoms with Crippen LogP contribution in [0.4, 0.5) is 10.1 Å². The molecule has 1 aromatic carbocycles. The second-order valence-corrected chi connectivity index (χ2v) is 3.48. The van der Waals surface area contributed by atoms with Crippen LogP contribution >= 0.6 is 0 Å². The van der Waals surface area contributed by atoms with Crippen LogP contribution in [-0.2, 0) is 6.54 Å². The van der Waals surface area contributed by atoms with Crippen LogP contribution in [0.3, 0.4) is 0 Å². The van der Waals surface area contributed by atoms with E-state index in [9.17, 15) is 14.5 Å². The molecule has 0 saturated heterocycles. The number of hydrogen-bond acceptors (Lipinski definition) is 4. The van der Waals surface area contributed by atoms with Crippen molar-refractivity contribution in [1.82, 2.24) is 5.32 Å². The maximum Gasteiger partial charge on any atom is 0.310 e. The third kappa shape index (κ3) is 3.99. The molecule has 0 spiro atoms. The number of alkyl halides is 1. The highest BCUT2D eigenvalue weighted by Gasteiger charge is 2.15. The number of ether oxygens (including phenoxy) is 1. The van der Waals surface area contributed by atoms with Crippen LogP contribution in [0.25, 0.3) is 0 Å². The van der Waals surface area contributed by atoms with Gasteiger partial charge in [-0.15, -0.1) is 0 Å². The molecule has 0 aliphatic carbocycles. The fourth-order valence-electron chi connectivity index (χ4n) is 1.38. The fraction of sp³-hybridized carbons (Fsp3) is 0.455. The normalized spacial score (nSPS) is 10.2. The molecule has 0 aliphatic heterocycles. The van der Waals surface area contributed by atoms with Gasteiger partial charge in [0.1, 0.15) is 0 Å². The summed E-state index contributed by atoms with van der Waals surface area (Å²) in [6.45, 7) is 0.238. The molecule has 0 radical (unpaired) electrons. The molecular formula is C11H15FN2O3. The first-order chi connectivity index (χ1) is 8.19. The lowest BCUT2D eigenvalue weighted by atomic mass is 10.2. The number of benzene rings is 1. The Kier molecular flexibility index (Phi) is 5.35. The van der Waals surface area contributed by atoms with Gasteiger partial charge in [-0.05, 0) is 18.7 Å². The van der Waals surface area contributed by atoms with E-state index in [0.717, 1.165) is 5.56 Å². The first-order valence-electron chi connectivity index (χ1n) is 5.29. The number of rotatable bonds is 7. The highest BCUT2D eigenvalue weighted by atomic mass is 19.1. The lowest BCUT2D eigenvalue weighted by Gasteiger charge is -2.07. The summed E-state index contributed by atoms with van der Waals surface area (Å²) < 4.78 is 17.1. The van der Waals surface area contributed by atoms with Crippen molar-refractivity contribution in [2.24, 2.45) is 0 Å². The zero-order valence-corrected chi connectivity index (χ0v) is 9.61. The van der Waals surface area contributed by atoms with Gasteiger partial charge in [0, 0.05) is 19.0 Å². The predicted molar refractivity (Wildman–Crippen MR) is 61.9 cm³/mol. The number of nitrogens with one attached hydrogen (secondary N) is 1. The van der Waals surface area contributed by atoms with Crippen LogP contribution in [0, 0.1) is 10.1 Å². The first kappa shape index (κ1) is 13.4. The van der Waals surface area contributed by atoms with Gasteiger partial charge in [-0.1, -0.05) is 6.07 Å².